The summed E-state index contributed by atoms with van der Waals surface area (Å²) in [6.45, 7) is 3.77. The van der Waals surface area contributed by atoms with Crippen molar-refractivity contribution in [3.63, 3.8) is 0 Å². The highest BCUT2D eigenvalue weighted by Crippen LogP contribution is 2.16. The van der Waals surface area contributed by atoms with E-state index in [4.69, 9.17) is 4.74 Å². The van der Waals surface area contributed by atoms with E-state index >= 15 is 0 Å². The lowest BCUT2D eigenvalue weighted by molar-refractivity contribution is -0.127. The van der Waals surface area contributed by atoms with Gasteiger partial charge in [-0.25, -0.2) is 9.07 Å². The van der Waals surface area contributed by atoms with Gasteiger partial charge in [-0.2, -0.15) is 5.10 Å². The van der Waals surface area contributed by atoms with Gasteiger partial charge in [0, 0.05) is 12.6 Å². The SMILES string of the molecule is Cc1ccc(=O)n(CCNC(=O)C(C)Oc2ccccc2F)n1. The van der Waals surface area contributed by atoms with Gasteiger partial charge in [0.1, 0.15) is 0 Å². The Bertz CT molecular complexity index is 745. The van der Waals surface area contributed by atoms with Crippen molar-refractivity contribution in [1.29, 1.82) is 0 Å². The van der Waals surface area contributed by atoms with E-state index in [1.165, 1.54) is 29.8 Å². The molecule has 23 heavy (non-hydrogen) atoms. The van der Waals surface area contributed by atoms with Crippen molar-refractivity contribution in [3.05, 3.63) is 58.3 Å². The number of ether oxygens (including phenoxy) is 1. The number of para-hydroxylation sites is 1. The molecule has 1 heterocycles. The lowest BCUT2D eigenvalue weighted by Crippen LogP contribution is -2.39. The molecule has 1 unspecified atom stereocenters. The molecule has 2 aromatic rings. The third-order valence-electron chi connectivity index (χ3n) is 3.13. The Labute approximate surface area is 132 Å². The minimum atomic E-state index is -0.853. The predicted molar refractivity (Wildman–Crippen MR) is 82.7 cm³/mol. The van der Waals surface area contributed by atoms with E-state index < -0.39 is 17.8 Å². The van der Waals surface area contributed by atoms with Crippen LogP contribution in [0, 0.1) is 12.7 Å². The Hall–Kier alpha value is -2.70. The number of nitrogens with one attached hydrogen (secondary N) is 1. The zero-order chi connectivity index (χ0) is 16.8. The second-order valence-electron chi connectivity index (χ2n) is 5.02. The molecule has 0 spiro atoms. The summed E-state index contributed by atoms with van der Waals surface area (Å²) < 4.78 is 20.0. The highest BCUT2D eigenvalue weighted by atomic mass is 19.1. The number of halogens is 1. The molecular weight excluding hydrogens is 301 g/mol. The number of carbonyl (C=O) groups is 1. The van der Waals surface area contributed by atoms with Crippen LogP contribution in [-0.4, -0.2) is 28.3 Å². The third-order valence-corrected chi connectivity index (χ3v) is 3.13. The van der Waals surface area contributed by atoms with Crippen LogP contribution in [0.1, 0.15) is 12.6 Å². The van der Waals surface area contributed by atoms with Gasteiger partial charge in [-0.3, -0.25) is 9.59 Å². The number of benzene rings is 1. The van der Waals surface area contributed by atoms with Crippen LogP contribution in [0.15, 0.2) is 41.2 Å². The molecule has 7 heteroatoms. The first kappa shape index (κ1) is 16.7. The molecule has 1 aromatic carbocycles. The first-order valence-electron chi connectivity index (χ1n) is 7.21. The molecule has 0 aliphatic heterocycles. The van der Waals surface area contributed by atoms with Crippen LogP contribution in [0.2, 0.25) is 0 Å². The van der Waals surface area contributed by atoms with Gasteiger partial charge in [0.05, 0.1) is 12.2 Å². The molecule has 6 nitrogen and oxygen atoms in total. The molecule has 1 N–H and O–H groups in total. The molecule has 1 atom stereocenters. The molecule has 1 aromatic heterocycles. The fourth-order valence-corrected chi connectivity index (χ4v) is 1.92. The van der Waals surface area contributed by atoms with Crippen molar-refractivity contribution in [2.75, 3.05) is 6.54 Å². The van der Waals surface area contributed by atoms with Crippen molar-refractivity contribution >= 4 is 5.91 Å². The van der Waals surface area contributed by atoms with Crippen LogP contribution >= 0.6 is 0 Å². The van der Waals surface area contributed by atoms with Gasteiger partial charge >= 0.3 is 0 Å². The monoisotopic (exact) mass is 319 g/mol. The van der Waals surface area contributed by atoms with Gasteiger partial charge in [0.15, 0.2) is 17.7 Å². The molecule has 122 valence electrons. The van der Waals surface area contributed by atoms with Crippen LogP contribution in [0.25, 0.3) is 0 Å². The van der Waals surface area contributed by atoms with Crippen molar-refractivity contribution in [2.24, 2.45) is 0 Å². The van der Waals surface area contributed by atoms with Gasteiger partial charge in [-0.05, 0) is 32.0 Å². The quantitative estimate of drug-likeness (QED) is 0.870. The van der Waals surface area contributed by atoms with Crippen molar-refractivity contribution < 1.29 is 13.9 Å². The lowest BCUT2D eigenvalue weighted by Gasteiger charge is -2.15. The number of nitrogens with zero attached hydrogens (tertiary/aromatic N) is 2. The fourth-order valence-electron chi connectivity index (χ4n) is 1.92. The summed E-state index contributed by atoms with van der Waals surface area (Å²) in [4.78, 5) is 23.5. The first-order chi connectivity index (χ1) is 11.0. The molecule has 1 amide bonds. The van der Waals surface area contributed by atoms with E-state index in [1.54, 1.807) is 25.1 Å². The summed E-state index contributed by atoms with van der Waals surface area (Å²) in [6, 6.07) is 8.93. The van der Waals surface area contributed by atoms with Crippen LogP contribution in [0.3, 0.4) is 0 Å². The Kier molecular flexibility index (Phi) is 5.46. The zero-order valence-electron chi connectivity index (χ0n) is 13.0. The molecule has 0 saturated carbocycles. The number of aryl methyl sites for hydroxylation is 1. The maximum Gasteiger partial charge on any atom is 0.266 e. The molecule has 0 fully saturated rings. The summed E-state index contributed by atoms with van der Waals surface area (Å²) in [6.07, 6.45) is -0.853. The van der Waals surface area contributed by atoms with Crippen LogP contribution in [-0.2, 0) is 11.3 Å². The fraction of sp³-hybridized carbons (Fsp3) is 0.312. The molecule has 0 saturated heterocycles. The topological polar surface area (TPSA) is 73.2 Å². The number of aromatic nitrogens is 2. The Morgan fingerprint density at radius 2 is 2.09 bits per heavy atom. The maximum atomic E-state index is 13.5. The molecule has 0 bridgehead atoms. The normalized spacial score (nSPS) is 11.8. The summed E-state index contributed by atoms with van der Waals surface area (Å²) in [5, 5.41) is 6.70. The summed E-state index contributed by atoms with van der Waals surface area (Å²) in [5.41, 5.74) is 0.479. The highest BCUT2D eigenvalue weighted by Gasteiger charge is 2.15. The number of rotatable bonds is 6. The average molecular weight is 319 g/mol. The van der Waals surface area contributed by atoms with Gasteiger partial charge in [-0.1, -0.05) is 12.1 Å². The van der Waals surface area contributed by atoms with Gasteiger partial charge < -0.3 is 10.1 Å². The largest absolute Gasteiger partial charge is 0.478 e. The standard InChI is InChI=1S/C16H18FN3O3/c1-11-7-8-15(21)20(19-11)10-9-18-16(22)12(2)23-14-6-4-3-5-13(14)17/h3-8,12H,9-10H2,1-2H3,(H,18,22). The molecule has 0 aliphatic rings. The van der Waals surface area contributed by atoms with Gasteiger partial charge in [0.2, 0.25) is 0 Å². The number of hydrogen-bond donors (Lipinski definition) is 1. The molecule has 0 radical (unpaired) electrons. The zero-order valence-corrected chi connectivity index (χ0v) is 13.0. The number of hydrogen-bond acceptors (Lipinski definition) is 4. The predicted octanol–water partition coefficient (Wildman–Crippen LogP) is 1.27. The molecular formula is C16H18FN3O3. The third kappa shape index (κ3) is 4.64. The van der Waals surface area contributed by atoms with Gasteiger partial charge in [0.25, 0.3) is 11.5 Å². The van der Waals surface area contributed by atoms with Crippen LogP contribution < -0.4 is 15.6 Å². The summed E-state index contributed by atoms with van der Waals surface area (Å²) in [5.74, 6) is -0.900. The Balaban J connectivity index is 1.86. The minimum Gasteiger partial charge on any atom is -0.478 e. The van der Waals surface area contributed by atoms with E-state index in [0.717, 1.165) is 0 Å². The molecule has 2 rings (SSSR count). The van der Waals surface area contributed by atoms with Crippen molar-refractivity contribution in [3.8, 4) is 5.75 Å². The van der Waals surface area contributed by atoms with E-state index in [9.17, 15) is 14.0 Å². The van der Waals surface area contributed by atoms with Crippen molar-refractivity contribution in [1.82, 2.24) is 15.1 Å². The Morgan fingerprint density at radius 1 is 1.35 bits per heavy atom. The van der Waals surface area contributed by atoms with E-state index in [0.29, 0.717) is 5.69 Å². The summed E-state index contributed by atoms with van der Waals surface area (Å²) >= 11 is 0. The van der Waals surface area contributed by atoms with E-state index in [-0.39, 0.29) is 24.4 Å². The number of carbonyl (C=O) groups excluding carboxylic acids is 1. The smallest absolute Gasteiger partial charge is 0.266 e. The molecule has 0 aliphatic carbocycles. The second kappa shape index (κ2) is 7.53. The summed E-state index contributed by atoms with van der Waals surface area (Å²) in [7, 11) is 0. The minimum absolute atomic E-state index is 0.0201. The lowest BCUT2D eigenvalue weighted by atomic mass is 10.3. The van der Waals surface area contributed by atoms with Gasteiger partial charge in [-0.15, -0.1) is 0 Å². The van der Waals surface area contributed by atoms with E-state index in [2.05, 4.69) is 10.4 Å². The van der Waals surface area contributed by atoms with Crippen LogP contribution in [0.5, 0.6) is 5.75 Å². The number of amides is 1. The second-order valence-corrected chi connectivity index (χ2v) is 5.02. The van der Waals surface area contributed by atoms with Crippen molar-refractivity contribution in [2.45, 2.75) is 26.5 Å². The average Bonchev–Trinajstić information content (AvgIpc) is 2.52. The van der Waals surface area contributed by atoms with E-state index in [1.807, 2.05) is 0 Å². The first-order valence-corrected chi connectivity index (χ1v) is 7.21. The highest BCUT2D eigenvalue weighted by molar-refractivity contribution is 5.80. The maximum absolute atomic E-state index is 13.5. The van der Waals surface area contributed by atoms with Crippen LogP contribution in [0.4, 0.5) is 4.39 Å². The Morgan fingerprint density at radius 3 is 2.83 bits per heavy atom.